The van der Waals surface area contributed by atoms with E-state index in [1.807, 2.05) is 0 Å². The molecule has 0 saturated carbocycles. The van der Waals surface area contributed by atoms with Crippen LogP contribution in [0.5, 0.6) is 0 Å². The zero-order valence-corrected chi connectivity index (χ0v) is 13.6. The highest BCUT2D eigenvalue weighted by molar-refractivity contribution is 7.89. The van der Waals surface area contributed by atoms with Crippen molar-refractivity contribution in [3.63, 3.8) is 0 Å². The molecule has 0 saturated heterocycles. The Morgan fingerprint density at radius 3 is 2.61 bits per heavy atom. The molecule has 0 spiro atoms. The zero-order valence-electron chi connectivity index (χ0n) is 12.8. The van der Waals surface area contributed by atoms with E-state index in [1.54, 1.807) is 19.1 Å². The third kappa shape index (κ3) is 2.68. The van der Waals surface area contributed by atoms with Gasteiger partial charge in [-0.25, -0.2) is 17.5 Å². The molecule has 122 valence electrons. The Bertz CT molecular complexity index is 1030. The number of fused-ring (bicyclic) bond motifs is 1. The third-order valence-electron chi connectivity index (χ3n) is 3.41. The normalized spacial score (nSPS) is 12.3. The van der Waals surface area contributed by atoms with Gasteiger partial charge in [0.1, 0.15) is 0 Å². The molecule has 0 aliphatic rings. The predicted octanol–water partition coefficient (Wildman–Crippen LogP) is 1.19. The van der Waals surface area contributed by atoms with Crippen molar-refractivity contribution < 1.29 is 17.4 Å². The van der Waals surface area contributed by atoms with Gasteiger partial charge in [0.25, 0.3) is 0 Å². The van der Waals surface area contributed by atoms with Crippen molar-refractivity contribution in [2.45, 2.75) is 18.4 Å². The topological polar surface area (TPSA) is 98.5 Å². The second kappa shape index (κ2) is 5.36. The molecular formula is C14H15N3O5S. The van der Waals surface area contributed by atoms with Crippen molar-refractivity contribution in [2.75, 3.05) is 14.1 Å². The van der Waals surface area contributed by atoms with Crippen LogP contribution in [-0.4, -0.2) is 36.5 Å². The lowest BCUT2D eigenvalue weighted by molar-refractivity contribution is 0.369. The van der Waals surface area contributed by atoms with Gasteiger partial charge in [-0.1, -0.05) is 5.16 Å². The van der Waals surface area contributed by atoms with Crippen molar-refractivity contribution in [3.8, 4) is 0 Å². The molecule has 0 amide bonds. The number of hydrogen-bond acceptors (Lipinski definition) is 6. The van der Waals surface area contributed by atoms with Crippen molar-refractivity contribution >= 4 is 21.1 Å². The summed E-state index contributed by atoms with van der Waals surface area (Å²) in [6.45, 7) is 1.94. The van der Waals surface area contributed by atoms with Crippen LogP contribution in [0.1, 0.15) is 11.5 Å². The molecule has 0 aliphatic heterocycles. The fourth-order valence-electron chi connectivity index (χ4n) is 2.21. The van der Waals surface area contributed by atoms with Gasteiger partial charge in [0.15, 0.2) is 11.3 Å². The summed E-state index contributed by atoms with van der Waals surface area (Å²) >= 11 is 0. The van der Waals surface area contributed by atoms with Crippen LogP contribution in [0, 0.1) is 6.92 Å². The minimum Gasteiger partial charge on any atom is -0.408 e. The van der Waals surface area contributed by atoms with Gasteiger partial charge in [0, 0.05) is 26.2 Å². The lowest BCUT2D eigenvalue weighted by Crippen LogP contribution is -2.22. The first-order chi connectivity index (χ1) is 10.8. The Morgan fingerprint density at radius 2 is 2.00 bits per heavy atom. The highest BCUT2D eigenvalue weighted by atomic mass is 32.2. The van der Waals surface area contributed by atoms with Gasteiger partial charge < -0.3 is 8.94 Å². The predicted molar refractivity (Wildman–Crippen MR) is 81.7 cm³/mol. The standard InChI is InChI=1S/C14H15N3O5S/c1-9-6-10(22-15-9)8-17-12-5-4-11(23(19,20)16(2)3)7-13(12)21-14(17)18/h4-7H,8H2,1-3H3. The first-order valence-electron chi connectivity index (χ1n) is 6.77. The van der Waals surface area contributed by atoms with Crippen molar-refractivity contribution in [1.82, 2.24) is 14.0 Å². The molecule has 23 heavy (non-hydrogen) atoms. The van der Waals surface area contributed by atoms with Crippen LogP contribution >= 0.6 is 0 Å². The summed E-state index contributed by atoms with van der Waals surface area (Å²) in [6, 6.07) is 6.04. The van der Waals surface area contributed by atoms with E-state index in [2.05, 4.69) is 5.16 Å². The van der Waals surface area contributed by atoms with E-state index in [9.17, 15) is 13.2 Å². The Morgan fingerprint density at radius 1 is 1.26 bits per heavy atom. The van der Waals surface area contributed by atoms with Crippen molar-refractivity contribution in [2.24, 2.45) is 0 Å². The van der Waals surface area contributed by atoms with Gasteiger partial charge in [-0.15, -0.1) is 0 Å². The van der Waals surface area contributed by atoms with Crippen LogP contribution in [0.4, 0.5) is 0 Å². The van der Waals surface area contributed by atoms with Crippen LogP contribution in [-0.2, 0) is 16.6 Å². The molecule has 8 nitrogen and oxygen atoms in total. The van der Waals surface area contributed by atoms with E-state index < -0.39 is 15.8 Å². The minimum atomic E-state index is -3.59. The summed E-state index contributed by atoms with van der Waals surface area (Å²) in [5, 5.41) is 3.77. The summed E-state index contributed by atoms with van der Waals surface area (Å²) in [5.41, 5.74) is 1.40. The molecule has 0 atom stereocenters. The summed E-state index contributed by atoms with van der Waals surface area (Å²) < 4.78 is 37.0. The highest BCUT2D eigenvalue weighted by Gasteiger charge is 2.20. The Labute approximate surface area is 132 Å². The van der Waals surface area contributed by atoms with E-state index >= 15 is 0 Å². The number of hydrogen-bond donors (Lipinski definition) is 0. The third-order valence-corrected chi connectivity index (χ3v) is 5.22. The Balaban J connectivity index is 2.09. The number of sulfonamides is 1. The first kappa shape index (κ1) is 15.5. The average molecular weight is 337 g/mol. The van der Waals surface area contributed by atoms with Gasteiger partial charge >= 0.3 is 5.76 Å². The van der Waals surface area contributed by atoms with Crippen molar-refractivity contribution in [1.29, 1.82) is 0 Å². The van der Waals surface area contributed by atoms with Crippen molar-refractivity contribution in [3.05, 3.63) is 46.3 Å². The fraction of sp³-hybridized carbons (Fsp3) is 0.286. The number of rotatable bonds is 4. The maximum absolute atomic E-state index is 12.1. The van der Waals surface area contributed by atoms with E-state index in [4.69, 9.17) is 8.94 Å². The Kier molecular flexibility index (Phi) is 3.61. The molecule has 3 aromatic rings. The van der Waals surface area contributed by atoms with Gasteiger partial charge in [-0.3, -0.25) is 4.57 Å². The van der Waals surface area contributed by atoms with Gasteiger partial charge in [0.2, 0.25) is 10.0 Å². The smallest absolute Gasteiger partial charge is 0.408 e. The molecule has 2 heterocycles. The molecule has 0 fully saturated rings. The molecule has 1 aromatic carbocycles. The highest BCUT2D eigenvalue weighted by Crippen LogP contribution is 2.21. The lowest BCUT2D eigenvalue weighted by atomic mass is 10.3. The molecule has 0 unspecified atom stereocenters. The number of benzene rings is 1. The maximum atomic E-state index is 12.1. The molecule has 9 heteroatoms. The molecule has 0 N–H and O–H groups in total. The quantitative estimate of drug-likeness (QED) is 0.709. The largest absolute Gasteiger partial charge is 0.420 e. The Hall–Kier alpha value is -2.39. The second-order valence-electron chi connectivity index (χ2n) is 5.31. The maximum Gasteiger partial charge on any atom is 0.420 e. The van der Waals surface area contributed by atoms with E-state index in [-0.39, 0.29) is 17.0 Å². The van der Waals surface area contributed by atoms with Crippen LogP contribution < -0.4 is 5.76 Å². The van der Waals surface area contributed by atoms with Crippen LogP contribution in [0.25, 0.3) is 11.1 Å². The first-order valence-corrected chi connectivity index (χ1v) is 8.21. The fourth-order valence-corrected chi connectivity index (χ4v) is 3.13. The van der Waals surface area contributed by atoms with Gasteiger partial charge in [-0.05, 0) is 19.1 Å². The minimum absolute atomic E-state index is 0.0615. The number of nitrogens with zero attached hydrogens (tertiary/aromatic N) is 3. The summed E-state index contributed by atoms with van der Waals surface area (Å²) in [5.74, 6) is -0.0780. The molecular weight excluding hydrogens is 322 g/mol. The van der Waals surface area contributed by atoms with E-state index in [0.29, 0.717) is 17.0 Å². The average Bonchev–Trinajstić information content (AvgIpc) is 3.02. The van der Waals surface area contributed by atoms with Crippen LogP contribution in [0.3, 0.4) is 0 Å². The molecule has 0 aliphatic carbocycles. The summed E-state index contributed by atoms with van der Waals surface area (Å²) in [4.78, 5) is 12.1. The molecule has 3 rings (SSSR count). The van der Waals surface area contributed by atoms with E-state index in [1.165, 1.54) is 30.8 Å². The van der Waals surface area contributed by atoms with Crippen LogP contribution in [0.2, 0.25) is 0 Å². The monoisotopic (exact) mass is 337 g/mol. The molecule has 2 aromatic heterocycles. The number of oxazole rings is 1. The van der Waals surface area contributed by atoms with Gasteiger partial charge in [-0.2, -0.15) is 0 Å². The second-order valence-corrected chi connectivity index (χ2v) is 7.46. The molecule has 0 radical (unpaired) electrons. The molecule has 0 bridgehead atoms. The van der Waals surface area contributed by atoms with Gasteiger partial charge in [0.05, 0.1) is 22.7 Å². The summed E-state index contributed by atoms with van der Waals surface area (Å²) in [6.07, 6.45) is 0. The summed E-state index contributed by atoms with van der Waals surface area (Å²) in [7, 11) is -0.719. The lowest BCUT2D eigenvalue weighted by Gasteiger charge is -2.10. The SMILES string of the molecule is Cc1cc(Cn2c(=O)oc3cc(S(=O)(=O)N(C)C)ccc32)on1. The number of aryl methyl sites for hydroxylation is 1. The van der Waals surface area contributed by atoms with Crippen LogP contribution in [0.15, 0.2) is 42.9 Å². The number of aromatic nitrogens is 2. The van der Waals surface area contributed by atoms with E-state index in [0.717, 1.165) is 4.31 Å². The zero-order chi connectivity index (χ0) is 16.8.